The summed E-state index contributed by atoms with van der Waals surface area (Å²) in [6.07, 6.45) is 0.142. The van der Waals surface area contributed by atoms with E-state index in [9.17, 15) is 19.5 Å². The van der Waals surface area contributed by atoms with Crippen molar-refractivity contribution in [1.29, 1.82) is 0 Å². The van der Waals surface area contributed by atoms with Crippen LogP contribution >= 0.6 is 0 Å². The number of rotatable bonds is 7. The number of para-hydroxylation sites is 1. The van der Waals surface area contributed by atoms with Gasteiger partial charge in [0.15, 0.2) is 0 Å². The van der Waals surface area contributed by atoms with Crippen LogP contribution < -0.4 is 10.2 Å². The number of carbonyl (C=O) groups is 3. The molecule has 1 aliphatic rings. The monoisotopic (exact) mass is 395 g/mol. The Hall–Kier alpha value is -3.35. The lowest BCUT2D eigenvalue weighted by Gasteiger charge is -2.36. The normalized spacial score (nSPS) is 14.9. The second kappa shape index (κ2) is 9.73. The summed E-state index contributed by atoms with van der Waals surface area (Å²) < 4.78 is 0. The summed E-state index contributed by atoms with van der Waals surface area (Å²) in [4.78, 5) is 40.2. The number of hydrogen-bond donors (Lipinski definition) is 2. The first-order chi connectivity index (χ1) is 14.0. The van der Waals surface area contributed by atoms with Gasteiger partial charge in [0.25, 0.3) is 5.91 Å². The van der Waals surface area contributed by atoms with E-state index in [4.69, 9.17) is 0 Å². The molecule has 1 atom stereocenters. The second-order valence-electron chi connectivity index (χ2n) is 6.97. The maximum Gasteiger partial charge on any atom is 0.326 e. The third kappa shape index (κ3) is 5.57. The van der Waals surface area contributed by atoms with Crippen LogP contribution in [0.5, 0.6) is 0 Å². The summed E-state index contributed by atoms with van der Waals surface area (Å²) in [7, 11) is 0. The number of nitrogens with zero attached hydrogens (tertiary/aromatic N) is 2. The van der Waals surface area contributed by atoms with Gasteiger partial charge in [-0.15, -0.1) is 0 Å². The van der Waals surface area contributed by atoms with Gasteiger partial charge >= 0.3 is 5.97 Å². The first-order valence-corrected chi connectivity index (χ1v) is 9.71. The van der Waals surface area contributed by atoms with Gasteiger partial charge < -0.3 is 20.2 Å². The van der Waals surface area contributed by atoms with Crippen molar-refractivity contribution in [2.75, 3.05) is 31.1 Å². The van der Waals surface area contributed by atoms with Gasteiger partial charge in [0, 0.05) is 43.9 Å². The lowest BCUT2D eigenvalue weighted by atomic mass is 10.1. The van der Waals surface area contributed by atoms with E-state index in [1.54, 1.807) is 35.2 Å². The molecular formula is C22H25N3O4. The molecule has 7 nitrogen and oxygen atoms in total. The van der Waals surface area contributed by atoms with E-state index >= 15 is 0 Å². The standard InChI is InChI=1S/C22H25N3O4/c26-20(25-15-13-24(14-16-25)18-9-5-2-6-10-18)12-11-19(22(28)29)23-21(27)17-7-3-1-4-8-17/h1-10,19H,11-16H2,(H,23,27)(H,28,29)/t19-/m0/s1. The van der Waals surface area contributed by atoms with Crippen LogP contribution in [-0.4, -0.2) is 60.0 Å². The number of carbonyl (C=O) groups excluding carboxylic acids is 2. The van der Waals surface area contributed by atoms with Crippen LogP contribution in [0.2, 0.25) is 0 Å². The van der Waals surface area contributed by atoms with Crippen molar-refractivity contribution in [3.8, 4) is 0 Å². The quantitative estimate of drug-likeness (QED) is 0.748. The first kappa shape index (κ1) is 20.4. The number of piperazine rings is 1. The van der Waals surface area contributed by atoms with E-state index in [-0.39, 0.29) is 18.7 Å². The van der Waals surface area contributed by atoms with Crippen LogP contribution in [0.1, 0.15) is 23.2 Å². The molecule has 0 aliphatic carbocycles. The summed E-state index contributed by atoms with van der Waals surface area (Å²) in [5.41, 5.74) is 1.52. The molecule has 2 aromatic carbocycles. The number of nitrogens with one attached hydrogen (secondary N) is 1. The number of amides is 2. The van der Waals surface area contributed by atoms with Gasteiger partial charge in [0.1, 0.15) is 6.04 Å². The Morgan fingerprint density at radius 1 is 0.897 bits per heavy atom. The third-order valence-corrected chi connectivity index (χ3v) is 5.04. The molecule has 1 heterocycles. The molecule has 0 radical (unpaired) electrons. The van der Waals surface area contributed by atoms with Gasteiger partial charge in [-0.25, -0.2) is 4.79 Å². The zero-order valence-corrected chi connectivity index (χ0v) is 16.2. The summed E-state index contributed by atoms with van der Waals surface area (Å²) in [6.45, 7) is 2.68. The van der Waals surface area contributed by atoms with Gasteiger partial charge in [-0.3, -0.25) is 9.59 Å². The largest absolute Gasteiger partial charge is 0.480 e. The van der Waals surface area contributed by atoms with Gasteiger partial charge in [-0.1, -0.05) is 36.4 Å². The maximum absolute atomic E-state index is 12.5. The van der Waals surface area contributed by atoms with E-state index in [0.717, 1.165) is 18.8 Å². The van der Waals surface area contributed by atoms with E-state index < -0.39 is 17.9 Å². The molecule has 0 spiro atoms. The molecule has 0 saturated carbocycles. The maximum atomic E-state index is 12.5. The fourth-order valence-corrected chi connectivity index (χ4v) is 3.37. The molecule has 0 aromatic heterocycles. The van der Waals surface area contributed by atoms with E-state index in [1.165, 1.54) is 0 Å². The van der Waals surface area contributed by atoms with Crippen molar-refractivity contribution >= 4 is 23.5 Å². The topological polar surface area (TPSA) is 90.0 Å². The Bertz CT molecular complexity index is 834. The lowest BCUT2D eigenvalue weighted by molar-refractivity contribution is -0.139. The van der Waals surface area contributed by atoms with Crippen LogP contribution in [0.15, 0.2) is 60.7 Å². The molecule has 2 aromatic rings. The lowest BCUT2D eigenvalue weighted by Crippen LogP contribution is -2.49. The van der Waals surface area contributed by atoms with Crippen molar-refractivity contribution in [3.63, 3.8) is 0 Å². The van der Waals surface area contributed by atoms with E-state index in [2.05, 4.69) is 10.2 Å². The summed E-state index contributed by atoms with van der Waals surface area (Å²) in [6, 6.07) is 17.4. The van der Waals surface area contributed by atoms with Crippen LogP contribution in [-0.2, 0) is 9.59 Å². The average Bonchev–Trinajstić information content (AvgIpc) is 2.77. The number of carboxylic acid groups (broad SMARTS) is 1. The molecule has 0 unspecified atom stereocenters. The molecule has 152 valence electrons. The van der Waals surface area contributed by atoms with Gasteiger partial charge in [-0.2, -0.15) is 0 Å². The molecule has 1 fully saturated rings. The van der Waals surface area contributed by atoms with Crippen molar-refractivity contribution < 1.29 is 19.5 Å². The fraction of sp³-hybridized carbons (Fsp3) is 0.318. The van der Waals surface area contributed by atoms with Crippen LogP contribution in [0.25, 0.3) is 0 Å². The number of benzene rings is 2. The predicted octanol–water partition coefficient (Wildman–Crippen LogP) is 2.00. The minimum atomic E-state index is -1.14. The van der Waals surface area contributed by atoms with Crippen molar-refractivity contribution in [1.82, 2.24) is 10.2 Å². The molecule has 7 heteroatoms. The van der Waals surface area contributed by atoms with E-state index in [0.29, 0.717) is 18.7 Å². The Labute approximate surface area is 169 Å². The van der Waals surface area contributed by atoms with Gasteiger partial charge in [0.05, 0.1) is 0 Å². The molecule has 2 N–H and O–H groups in total. The number of hydrogen-bond acceptors (Lipinski definition) is 4. The first-order valence-electron chi connectivity index (χ1n) is 9.71. The molecule has 29 heavy (non-hydrogen) atoms. The summed E-state index contributed by atoms with van der Waals surface area (Å²) in [5.74, 6) is -1.68. The summed E-state index contributed by atoms with van der Waals surface area (Å²) in [5, 5.41) is 11.9. The van der Waals surface area contributed by atoms with Gasteiger partial charge in [-0.05, 0) is 30.7 Å². The third-order valence-electron chi connectivity index (χ3n) is 5.04. The SMILES string of the molecule is O=C(N[C@@H](CCC(=O)N1CCN(c2ccccc2)CC1)C(=O)O)c1ccccc1. The summed E-state index contributed by atoms with van der Waals surface area (Å²) >= 11 is 0. The van der Waals surface area contributed by atoms with Crippen LogP contribution in [0, 0.1) is 0 Å². The molecule has 0 bridgehead atoms. The number of carboxylic acids is 1. The molecular weight excluding hydrogens is 370 g/mol. The zero-order chi connectivity index (χ0) is 20.6. The predicted molar refractivity (Wildman–Crippen MR) is 110 cm³/mol. The highest BCUT2D eigenvalue weighted by atomic mass is 16.4. The Morgan fingerprint density at radius 3 is 2.07 bits per heavy atom. The van der Waals surface area contributed by atoms with Gasteiger partial charge in [0.2, 0.25) is 5.91 Å². The van der Waals surface area contributed by atoms with Crippen molar-refractivity contribution in [2.24, 2.45) is 0 Å². The van der Waals surface area contributed by atoms with Crippen LogP contribution in [0.4, 0.5) is 5.69 Å². The van der Waals surface area contributed by atoms with Crippen molar-refractivity contribution in [2.45, 2.75) is 18.9 Å². The number of anilines is 1. The molecule has 2 amide bonds. The Kier molecular flexibility index (Phi) is 6.84. The molecule has 3 rings (SSSR count). The van der Waals surface area contributed by atoms with Crippen LogP contribution in [0.3, 0.4) is 0 Å². The molecule has 1 saturated heterocycles. The minimum Gasteiger partial charge on any atom is -0.480 e. The highest BCUT2D eigenvalue weighted by Gasteiger charge is 2.25. The van der Waals surface area contributed by atoms with E-state index in [1.807, 2.05) is 30.3 Å². The number of aliphatic carboxylic acids is 1. The fourth-order valence-electron chi connectivity index (χ4n) is 3.37. The minimum absolute atomic E-state index is 0.0612. The Morgan fingerprint density at radius 2 is 1.48 bits per heavy atom. The highest BCUT2D eigenvalue weighted by Crippen LogP contribution is 2.16. The average molecular weight is 395 g/mol. The Balaban J connectivity index is 1.48. The van der Waals surface area contributed by atoms with Crippen molar-refractivity contribution in [3.05, 3.63) is 66.2 Å². The second-order valence-corrected chi connectivity index (χ2v) is 6.97. The molecule has 1 aliphatic heterocycles. The highest BCUT2D eigenvalue weighted by molar-refractivity contribution is 5.96. The smallest absolute Gasteiger partial charge is 0.326 e. The zero-order valence-electron chi connectivity index (χ0n) is 16.2.